The number of hydrogen-bond donors (Lipinski definition) is 1. The highest BCUT2D eigenvalue weighted by Crippen LogP contribution is 2.26. The van der Waals surface area contributed by atoms with Crippen molar-refractivity contribution in [2.45, 2.75) is 32.1 Å². The molecule has 2 unspecified atom stereocenters. The molecule has 3 heterocycles. The van der Waals surface area contributed by atoms with Gasteiger partial charge in [0, 0.05) is 37.5 Å². The summed E-state index contributed by atoms with van der Waals surface area (Å²) >= 11 is 1.53. The number of aromatic nitrogens is 1. The summed E-state index contributed by atoms with van der Waals surface area (Å²) in [5.41, 5.74) is 2.63. The Labute approximate surface area is 142 Å². The highest BCUT2D eigenvalue weighted by molar-refractivity contribution is 7.07. The molecule has 2 aliphatic heterocycles. The van der Waals surface area contributed by atoms with Crippen LogP contribution in [0.3, 0.4) is 0 Å². The number of nitrogens with zero attached hydrogens (tertiary/aromatic N) is 3. The van der Waals surface area contributed by atoms with Crippen LogP contribution < -0.4 is 0 Å². The third kappa shape index (κ3) is 4.52. The Bertz CT molecular complexity index is 486. The number of amides is 1. The SMILES string of the molecule is O=C(Cc1cscn1)N1CC(CO)C(CN2CCCCCC2)C1. The average Bonchev–Trinajstić information content (AvgIpc) is 3.12. The Balaban J connectivity index is 1.55. The first kappa shape index (κ1) is 16.9. The number of aliphatic hydroxyl groups excluding tert-OH is 1. The third-order valence-electron chi connectivity index (χ3n) is 5.17. The summed E-state index contributed by atoms with van der Waals surface area (Å²) in [4.78, 5) is 21.1. The minimum Gasteiger partial charge on any atom is -0.396 e. The zero-order valence-electron chi connectivity index (χ0n) is 13.7. The molecule has 128 valence electrons. The predicted octanol–water partition coefficient (Wildman–Crippen LogP) is 1.63. The topological polar surface area (TPSA) is 56.7 Å². The van der Waals surface area contributed by atoms with Gasteiger partial charge in [-0.05, 0) is 31.8 Å². The van der Waals surface area contributed by atoms with E-state index in [1.807, 2.05) is 10.3 Å². The van der Waals surface area contributed by atoms with E-state index in [-0.39, 0.29) is 18.4 Å². The zero-order chi connectivity index (χ0) is 16.1. The molecule has 1 N–H and O–H groups in total. The van der Waals surface area contributed by atoms with E-state index in [4.69, 9.17) is 0 Å². The van der Waals surface area contributed by atoms with E-state index in [9.17, 15) is 9.90 Å². The molecule has 0 spiro atoms. The highest BCUT2D eigenvalue weighted by atomic mass is 32.1. The van der Waals surface area contributed by atoms with Crippen LogP contribution in [0.15, 0.2) is 10.9 Å². The third-order valence-corrected chi connectivity index (χ3v) is 5.81. The highest BCUT2D eigenvalue weighted by Gasteiger charge is 2.35. The fourth-order valence-corrected chi connectivity index (χ4v) is 4.36. The smallest absolute Gasteiger partial charge is 0.228 e. The second kappa shape index (κ2) is 8.22. The summed E-state index contributed by atoms with van der Waals surface area (Å²) in [6.07, 6.45) is 5.62. The summed E-state index contributed by atoms with van der Waals surface area (Å²) in [5.74, 6) is 0.767. The molecule has 0 aromatic carbocycles. The van der Waals surface area contributed by atoms with Gasteiger partial charge in [-0.15, -0.1) is 11.3 Å². The van der Waals surface area contributed by atoms with Crippen LogP contribution in [0.4, 0.5) is 0 Å². The van der Waals surface area contributed by atoms with E-state index in [1.54, 1.807) is 5.51 Å². The van der Waals surface area contributed by atoms with E-state index >= 15 is 0 Å². The summed E-state index contributed by atoms with van der Waals surface area (Å²) in [6.45, 7) is 5.01. The van der Waals surface area contributed by atoms with E-state index in [2.05, 4.69) is 9.88 Å². The monoisotopic (exact) mass is 337 g/mol. The molecule has 0 saturated carbocycles. The maximum Gasteiger partial charge on any atom is 0.228 e. The first-order chi connectivity index (χ1) is 11.3. The van der Waals surface area contributed by atoms with E-state index < -0.39 is 0 Å². The maximum atomic E-state index is 12.5. The fourth-order valence-electron chi connectivity index (χ4n) is 3.80. The molecule has 1 amide bonds. The summed E-state index contributed by atoms with van der Waals surface area (Å²) in [5, 5.41) is 11.6. The molecular weight excluding hydrogens is 310 g/mol. The molecule has 3 rings (SSSR count). The number of carbonyl (C=O) groups is 1. The van der Waals surface area contributed by atoms with Gasteiger partial charge in [0.05, 0.1) is 17.6 Å². The number of rotatable bonds is 5. The van der Waals surface area contributed by atoms with Crippen molar-refractivity contribution in [1.82, 2.24) is 14.8 Å². The summed E-state index contributed by atoms with van der Waals surface area (Å²) in [6, 6.07) is 0. The van der Waals surface area contributed by atoms with Crippen LogP contribution in [0.25, 0.3) is 0 Å². The largest absolute Gasteiger partial charge is 0.396 e. The maximum absolute atomic E-state index is 12.5. The van der Waals surface area contributed by atoms with Gasteiger partial charge >= 0.3 is 0 Å². The first-order valence-corrected chi connectivity index (χ1v) is 9.68. The Hall–Kier alpha value is -0.980. The van der Waals surface area contributed by atoms with E-state index in [0.717, 1.165) is 18.8 Å². The van der Waals surface area contributed by atoms with Crippen molar-refractivity contribution in [3.8, 4) is 0 Å². The molecule has 2 fully saturated rings. The second-order valence-corrected chi connectivity index (χ2v) is 7.59. The van der Waals surface area contributed by atoms with Gasteiger partial charge in [-0.2, -0.15) is 0 Å². The standard InChI is InChI=1S/C17H27N3O2S/c21-11-15-10-20(17(22)7-16-12-23-13-18-16)9-14(15)8-19-5-3-1-2-4-6-19/h12-15,21H,1-11H2. The molecule has 0 bridgehead atoms. The Morgan fingerprint density at radius 2 is 1.96 bits per heavy atom. The number of aliphatic hydroxyl groups is 1. The Kier molecular flexibility index (Phi) is 6.02. The van der Waals surface area contributed by atoms with Crippen LogP contribution in [-0.2, 0) is 11.2 Å². The summed E-state index contributed by atoms with van der Waals surface area (Å²) < 4.78 is 0. The van der Waals surface area contributed by atoms with Gasteiger partial charge in [-0.1, -0.05) is 12.8 Å². The van der Waals surface area contributed by atoms with Crippen molar-refractivity contribution in [3.63, 3.8) is 0 Å². The molecule has 1 aromatic heterocycles. The van der Waals surface area contributed by atoms with Crippen molar-refractivity contribution in [3.05, 3.63) is 16.6 Å². The number of carbonyl (C=O) groups excluding carboxylic acids is 1. The second-order valence-electron chi connectivity index (χ2n) is 6.87. The molecule has 0 aliphatic carbocycles. The van der Waals surface area contributed by atoms with Gasteiger partial charge in [-0.25, -0.2) is 4.98 Å². The first-order valence-electron chi connectivity index (χ1n) is 8.74. The van der Waals surface area contributed by atoms with E-state index in [0.29, 0.717) is 18.9 Å². The molecule has 0 radical (unpaired) electrons. The van der Waals surface area contributed by atoms with Gasteiger partial charge in [0.25, 0.3) is 0 Å². The minimum absolute atomic E-state index is 0.146. The lowest BCUT2D eigenvalue weighted by Gasteiger charge is -2.26. The Morgan fingerprint density at radius 1 is 1.22 bits per heavy atom. The van der Waals surface area contributed by atoms with Crippen molar-refractivity contribution >= 4 is 17.2 Å². The minimum atomic E-state index is 0.146. The molecule has 2 saturated heterocycles. The van der Waals surface area contributed by atoms with Crippen molar-refractivity contribution in [2.75, 3.05) is 39.3 Å². The van der Waals surface area contributed by atoms with Gasteiger partial charge in [-0.3, -0.25) is 4.79 Å². The predicted molar refractivity (Wildman–Crippen MR) is 91.4 cm³/mol. The van der Waals surface area contributed by atoms with Crippen LogP contribution in [0.5, 0.6) is 0 Å². The average molecular weight is 337 g/mol. The molecular formula is C17H27N3O2S. The van der Waals surface area contributed by atoms with E-state index in [1.165, 1.54) is 50.1 Å². The van der Waals surface area contributed by atoms with Gasteiger partial charge in [0.15, 0.2) is 0 Å². The molecule has 5 nitrogen and oxygen atoms in total. The van der Waals surface area contributed by atoms with Crippen LogP contribution in [-0.4, -0.2) is 65.1 Å². The van der Waals surface area contributed by atoms with Gasteiger partial charge in [0.2, 0.25) is 5.91 Å². The van der Waals surface area contributed by atoms with Crippen LogP contribution >= 0.6 is 11.3 Å². The zero-order valence-corrected chi connectivity index (χ0v) is 14.5. The molecule has 6 heteroatoms. The Morgan fingerprint density at radius 3 is 2.61 bits per heavy atom. The van der Waals surface area contributed by atoms with Gasteiger partial charge in [0.1, 0.15) is 0 Å². The molecule has 1 aromatic rings. The van der Waals surface area contributed by atoms with Gasteiger partial charge < -0.3 is 14.9 Å². The normalized spacial score (nSPS) is 26.4. The quantitative estimate of drug-likeness (QED) is 0.887. The fraction of sp³-hybridized carbons (Fsp3) is 0.765. The van der Waals surface area contributed by atoms with Crippen LogP contribution in [0.1, 0.15) is 31.4 Å². The molecule has 2 aliphatic rings. The van der Waals surface area contributed by atoms with Crippen molar-refractivity contribution in [1.29, 1.82) is 0 Å². The number of hydrogen-bond acceptors (Lipinski definition) is 5. The lowest BCUT2D eigenvalue weighted by atomic mass is 9.96. The van der Waals surface area contributed by atoms with Crippen LogP contribution in [0.2, 0.25) is 0 Å². The number of thiazole rings is 1. The van der Waals surface area contributed by atoms with Crippen LogP contribution in [0, 0.1) is 11.8 Å². The summed E-state index contributed by atoms with van der Waals surface area (Å²) in [7, 11) is 0. The lowest BCUT2D eigenvalue weighted by molar-refractivity contribution is -0.129. The lowest BCUT2D eigenvalue weighted by Crippen LogP contribution is -2.35. The molecule has 23 heavy (non-hydrogen) atoms. The molecule has 2 atom stereocenters. The number of likely N-dealkylation sites (tertiary alicyclic amines) is 2. The van der Waals surface area contributed by atoms with Crippen molar-refractivity contribution in [2.24, 2.45) is 11.8 Å². The van der Waals surface area contributed by atoms with Crippen molar-refractivity contribution < 1.29 is 9.90 Å².